The third kappa shape index (κ3) is 5.93. The lowest BCUT2D eigenvalue weighted by atomic mass is 9.67. The summed E-state index contributed by atoms with van der Waals surface area (Å²) in [7, 11) is 0. The van der Waals surface area contributed by atoms with Crippen LogP contribution >= 0.6 is 0 Å². The molecule has 1 aliphatic carbocycles. The van der Waals surface area contributed by atoms with Crippen LogP contribution in [0.25, 0.3) is 22.3 Å². The minimum Gasteiger partial charge on any atom is -0.454 e. The van der Waals surface area contributed by atoms with Crippen molar-refractivity contribution in [2.24, 2.45) is 0 Å². The molecule has 4 atom stereocenters. The zero-order chi connectivity index (χ0) is 33.0. The van der Waals surface area contributed by atoms with Crippen molar-refractivity contribution in [1.82, 2.24) is 0 Å². The van der Waals surface area contributed by atoms with E-state index in [1.807, 2.05) is 72.8 Å². The van der Waals surface area contributed by atoms with Gasteiger partial charge in [-0.3, -0.25) is 0 Å². The second-order valence-electron chi connectivity index (χ2n) is 12.3. The van der Waals surface area contributed by atoms with Crippen LogP contribution in [0.15, 0.2) is 158 Å². The van der Waals surface area contributed by atoms with Crippen LogP contribution in [0, 0.1) is 6.92 Å². The quantitative estimate of drug-likeness (QED) is 0.165. The minimum absolute atomic E-state index is 0.287. The Kier molecular flexibility index (Phi) is 8.72. The number of hydrogen-bond donors (Lipinski definition) is 0. The zero-order valence-corrected chi connectivity index (χ0v) is 27.0. The third-order valence-corrected chi connectivity index (χ3v) is 9.40. The predicted molar refractivity (Wildman–Crippen MR) is 190 cm³/mol. The number of aryl methyl sites for hydroxylation is 1. The normalized spacial score (nSPS) is 18.4. The zero-order valence-electron chi connectivity index (χ0n) is 27.0. The fourth-order valence-corrected chi connectivity index (χ4v) is 7.12. The molecule has 0 N–H and O–H groups in total. The van der Waals surface area contributed by atoms with Crippen LogP contribution in [0.5, 0.6) is 0 Å². The smallest absolute Gasteiger partial charge is 0.338 e. The number of esters is 2. The largest absolute Gasteiger partial charge is 0.454 e. The molecule has 0 saturated heterocycles. The van der Waals surface area contributed by atoms with E-state index in [4.69, 9.17) is 9.47 Å². The number of fused-ring (bicyclic) bond motifs is 1. The second-order valence-corrected chi connectivity index (χ2v) is 12.3. The average Bonchev–Trinajstić information content (AvgIpc) is 3.14. The van der Waals surface area contributed by atoms with Gasteiger partial charge in [0.15, 0.2) is 6.10 Å². The molecule has 6 aromatic rings. The minimum atomic E-state index is -0.846. The van der Waals surface area contributed by atoms with Crippen LogP contribution in [-0.4, -0.2) is 24.1 Å². The number of carbonyl (C=O) groups excluding carboxylic acids is 2. The summed E-state index contributed by atoms with van der Waals surface area (Å²) < 4.78 is 13.1. The Morgan fingerprint density at radius 3 is 1.44 bits per heavy atom. The molecule has 0 amide bonds. The topological polar surface area (TPSA) is 52.6 Å². The van der Waals surface area contributed by atoms with Crippen LogP contribution in [0.1, 0.15) is 61.7 Å². The Labute approximate surface area is 281 Å². The molecule has 0 saturated carbocycles. The lowest BCUT2D eigenvalue weighted by Gasteiger charge is -2.44. The third-order valence-electron chi connectivity index (χ3n) is 9.40. The molecule has 1 aliphatic rings. The van der Waals surface area contributed by atoms with Gasteiger partial charge in [-0.25, -0.2) is 9.59 Å². The van der Waals surface area contributed by atoms with Gasteiger partial charge in [0.1, 0.15) is 6.10 Å². The summed E-state index contributed by atoms with van der Waals surface area (Å²) in [6, 6.07) is 51.2. The van der Waals surface area contributed by atoms with Crippen LogP contribution in [0.4, 0.5) is 0 Å². The summed E-state index contributed by atoms with van der Waals surface area (Å²) >= 11 is 0. The highest BCUT2D eigenvalue weighted by Crippen LogP contribution is 2.51. The fourth-order valence-electron chi connectivity index (χ4n) is 7.12. The Hall–Kier alpha value is -5.74. The first-order chi connectivity index (χ1) is 23.5. The van der Waals surface area contributed by atoms with Crippen LogP contribution in [0.2, 0.25) is 0 Å². The van der Waals surface area contributed by atoms with E-state index in [9.17, 15) is 9.59 Å². The molecule has 48 heavy (non-hydrogen) atoms. The number of ether oxygens (including phenoxy) is 2. The van der Waals surface area contributed by atoms with Gasteiger partial charge in [-0.1, -0.05) is 140 Å². The van der Waals surface area contributed by atoms with Crippen molar-refractivity contribution in [2.75, 3.05) is 0 Å². The first kappa shape index (κ1) is 30.9. The number of benzene rings is 6. The van der Waals surface area contributed by atoms with Crippen LogP contribution in [-0.2, 0) is 9.47 Å². The second kappa shape index (κ2) is 13.5. The van der Waals surface area contributed by atoms with Crippen LogP contribution < -0.4 is 0 Å². The van der Waals surface area contributed by atoms with E-state index in [0.29, 0.717) is 11.1 Å². The van der Waals surface area contributed by atoms with Gasteiger partial charge in [0, 0.05) is 5.92 Å². The lowest BCUT2D eigenvalue weighted by molar-refractivity contribution is -0.0531. The molecule has 6 aromatic carbocycles. The Balaban J connectivity index is 1.50. The van der Waals surface area contributed by atoms with E-state index in [1.165, 1.54) is 0 Å². The van der Waals surface area contributed by atoms with Gasteiger partial charge in [0.25, 0.3) is 0 Å². The summed E-state index contributed by atoms with van der Waals surface area (Å²) in [5, 5.41) is 0. The number of hydrogen-bond acceptors (Lipinski definition) is 4. The summed E-state index contributed by atoms with van der Waals surface area (Å²) in [6.45, 7) is 4.16. The van der Waals surface area contributed by atoms with Crippen molar-refractivity contribution in [3.8, 4) is 22.3 Å². The average molecular weight is 629 g/mol. The molecule has 0 fully saturated rings. The first-order valence-electron chi connectivity index (χ1n) is 16.4. The maximum absolute atomic E-state index is 14.0. The lowest BCUT2D eigenvalue weighted by Crippen LogP contribution is -2.47. The van der Waals surface area contributed by atoms with Gasteiger partial charge in [-0.2, -0.15) is 0 Å². The molecule has 7 rings (SSSR count). The fraction of sp³-hybridized carbons (Fsp3) is 0.136. The SMILES string of the molecule is Cc1cccc(-c2ccccc2)c1C1c2c(-c3ccccc3)cccc2C(C)C(OC(=O)c2ccccc2)C1OC(=O)c1ccccc1. The highest BCUT2D eigenvalue weighted by atomic mass is 16.6. The number of rotatable bonds is 7. The summed E-state index contributed by atoms with van der Waals surface area (Å²) in [5.74, 6) is -1.67. The van der Waals surface area contributed by atoms with Gasteiger partial charge in [-0.05, 0) is 75.7 Å². The summed E-state index contributed by atoms with van der Waals surface area (Å²) in [4.78, 5) is 27.8. The molecule has 4 nitrogen and oxygen atoms in total. The molecule has 0 bridgehead atoms. The maximum atomic E-state index is 14.0. The molecule has 0 heterocycles. The van der Waals surface area contributed by atoms with E-state index >= 15 is 0 Å². The summed E-state index contributed by atoms with van der Waals surface area (Å²) in [5.41, 5.74) is 9.31. The highest BCUT2D eigenvalue weighted by Gasteiger charge is 2.48. The molecule has 4 heteroatoms. The van der Waals surface area contributed by atoms with Gasteiger partial charge in [0.2, 0.25) is 0 Å². The van der Waals surface area contributed by atoms with E-state index in [-0.39, 0.29) is 5.92 Å². The standard InChI is InChI=1S/C44H36O4/c1-29-17-15-27-36(31-18-7-3-8-19-31)38(29)40-39-35(26-16-28-37(39)32-20-9-4-10-21-32)30(2)41(47-43(45)33-22-11-5-12-23-33)42(40)48-44(46)34-24-13-6-14-25-34/h3-28,30,40-42H,1-2H3. The van der Waals surface area contributed by atoms with Crippen molar-refractivity contribution in [2.45, 2.75) is 37.9 Å². The van der Waals surface area contributed by atoms with E-state index < -0.39 is 30.1 Å². The van der Waals surface area contributed by atoms with Gasteiger partial charge in [-0.15, -0.1) is 0 Å². The Morgan fingerprint density at radius 1 is 0.479 bits per heavy atom. The molecule has 236 valence electrons. The van der Waals surface area contributed by atoms with Crippen molar-refractivity contribution in [3.05, 3.63) is 191 Å². The van der Waals surface area contributed by atoms with Gasteiger partial charge in [0.05, 0.1) is 17.0 Å². The van der Waals surface area contributed by atoms with Gasteiger partial charge < -0.3 is 9.47 Å². The van der Waals surface area contributed by atoms with E-state index in [1.54, 1.807) is 24.3 Å². The van der Waals surface area contributed by atoms with Crippen molar-refractivity contribution < 1.29 is 19.1 Å². The van der Waals surface area contributed by atoms with Crippen molar-refractivity contribution in [1.29, 1.82) is 0 Å². The first-order valence-corrected chi connectivity index (χ1v) is 16.4. The maximum Gasteiger partial charge on any atom is 0.338 e. The Bertz CT molecular complexity index is 2040. The van der Waals surface area contributed by atoms with Crippen molar-refractivity contribution in [3.63, 3.8) is 0 Å². The molecule has 4 unspecified atom stereocenters. The molecule has 0 radical (unpaired) electrons. The molecule has 0 spiro atoms. The van der Waals surface area contributed by atoms with Gasteiger partial charge >= 0.3 is 11.9 Å². The van der Waals surface area contributed by atoms with Crippen LogP contribution in [0.3, 0.4) is 0 Å². The molecule has 0 aromatic heterocycles. The predicted octanol–water partition coefficient (Wildman–Crippen LogP) is 10.0. The summed E-state index contributed by atoms with van der Waals surface area (Å²) in [6.07, 6.45) is -1.63. The highest BCUT2D eigenvalue weighted by molar-refractivity contribution is 5.91. The van der Waals surface area contributed by atoms with E-state index in [0.717, 1.165) is 44.5 Å². The monoisotopic (exact) mass is 628 g/mol. The van der Waals surface area contributed by atoms with E-state index in [2.05, 4.69) is 74.5 Å². The molecular weight excluding hydrogens is 592 g/mol. The van der Waals surface area contributed by atoms with Crippen molar-refractivity contribution >= 4 is 11.9 Å². The Morgan fingerprint density at radius 2 is 0.917 bits per heavy atom. The molecule has 0 aliphatic heterocycles. The molecular formula is C44H36O4. The number of carbonyl (C=O) groups is 2.